The van der Waals surface area contributed by atoms with Crippen molar-refractivity contribution in [2.45, 2.75) is 38.6 Å². The molecule has 0 aliphatic carbocycles. The van der Waals surface area contributed by atoms with Crippen LogP contribution in [-0.2, 0) is 6.54 Å². The largest absolute Gasteiger partial charge is 0.422 e. The minimum Gasteiger partial charge on any atom is -0.376 e. The molecule has 0 aliphatic rings. The second kappa shape index (κ2) is 7.55. The fourth-order valence-corrected chi connectivity index (χ4v) is 1.95. The van der Waals surface area contributed by atoms with Crippen LogP contribution in [0.1, 0.15) is 25.8 Å². The van der Waals surface area contributed by atoms with Crippen LogP contribution in [0.4, 0.5) is 13.2 Å². The van der Waals surface area contributed by atoms with Gasteiger partial charge in [-0.15, -0.1) is 0 Å². The van der Waals surface area contributed by atoms with Gasteiger partial charge in [0.05, 0.1) is 12.8 Å². The lowest BCUT2D eigenvalue weighted by molar-refractivity contribution is -0.222. The minimum absolute atomic E-state index is 0.104. The number of nitrogens with zero attached hydrogens (tertiary/aromatic N) is 2. The molecule has 0 heterocycles. The third-order valence-corrected chi connectivity index (χ3v) is 3.72. The summed E-state index contributed by atoms with van der Waals surface area (Å²) in [5.74, 6) is 0. The lowest BCUT2D eigenvalue weighted by Gasteiger charge is -2.25. The minimum atomic E-state index is -4.83. The number of allylic oxidation sites excluding steroid dienone is 1. The van der Waals surface area contributed by atoms with Gasteiger partial charge in [0.1, 0.15) is 0 Å². The van der Waals surface area contributed by atoms with Crippen LogP contribution in [0.5, 0.6) is 0 Å². The molecule has 8 heteroatoms. The first-order valence-corrected chi connectivity index (χ1v) is 7.47. The second-order valence-electron chi connectivity index (χ2n) is 5.10. The van der Waals surface area contributed by atoms with E-state index in [1.54, 1.807) is 19.1 Å². The molecule has 1 rings (SSSR count). The highest BCUT2D eigenvalue weighted by molar-refractivity contribution is 6.35. The fraction of sp³-hybridized carbons (Fsp3) is 0.400. The Labute approximate surface area is 143 Å². The van der Waals surface area contributed by atoms with Crippen LogP contribution in [0, 0.1) is 0 Å². The first kappa shape index (κ1) is 19.8. The molecule has 128 valence electrons. The average Bonchev–Trinajstić information content (AvgIpc) is 2.43. The van der Waals surface area contributed by atoms with E-state index in [1.165, 1.54) is 11.1 Å². The summed E-state index contributed by atoms with van der Waals surface area (Å²) in [5, 5.41) is 15.2. The highest BCUT2D eigenvalue weighted by Crippen LogP contribution is 2.29. The quantitative estimate of drug-likeness (QED) is 0.565. The van der Waals surface area contributed by atoms with Gasteiger partial charge in [-0.3, -0.25) is 5.01 Å². The van der Waals surface area contributed by atoms with Crippen molar-refractivity contribution in [1.29, 1.82) is 0 Å². The standard InChI is InChI=1S/C15H17Cl2F3N2O/c1-4-10(2)22(21-9-14(3,23)15(18,19)20)8-11-5-6-12(16)7-13(11)17/h5-7,9,23H,2,4,8H2,1,3H3/b21-9+. The molecular weight excluding hydrogens is 352 g/mol. The zero-order valence-corrected chi connectivity index (χ0v) is 14.2. The maximum absolute atomic E-state index is 12.7. The van der Waals surface area contributed by atoms with E-state index in [1.807, 2.05) is 0 Å². The van der Waals surface area contributed by atoms with E-state index in [2.05, 4.69) is 11.7 Å². The Balaban J connectivity index is 3.04. The number of halogens is 5. The van der Waals surface area contributed by atoms with Crippen molar-refractivity contribution in [3.8, 4) is 0 Å². The molecule has 0 saturated carbocycles. The third-order valence-electron chi connectivity index (χ3n) is 3.13. The van der Waals surface area contributed by atoms with Crippen LogP contribution in [0.3, 0.4) is 0 Å². The van der Waals surface area contributed by atoms with Crippen LogP contribution in [0.15, 0.2) is 35.6 Å². The zero-order chi connectivity index (χ0) is 17.8. The van der Waals surface area contributed by atoms with Crippen molar-refractivity contribution in [2.75, 3.05) is 0 Å². The third kappa shape index (κ3) is 5.41. The Hall–Kier alpha value is -1.24. The van der Waals surface area contributed by atoms with E-state index in [0.29, 0.717) is 40.9 Å². The van der Waals surface area contributed by atoms with Gasteiger partial charge in [0.2, 0.25) is 0 Å². The molecule has 0 amide bonds. The lowest BCUT2D eigenvalue weighted by atomic mass is 10.1. The van der Waals surface area contributed by atoms with Crippen molar-refractivity contribution in [1.82, 2.24) is 5.01 Å². The number of hydrogen-bond donors (Lipinski definition) is 1. The molecule has 0 aliphatic heterocycles. The molecule has 1 unspecified atom stereocenters. The van der Waals surface area contributed by atoms with Crippen LogP contribution in [0.2, 0.25) is 10.0 Å². The van der Waals surface area contributed by atoms with Crippen molar-refractivity contribution in [2.24, 2.45) is 5.10 Å². The van der Waals surface area contributed by atoms with Crippen molar-refractivity contribution in [3.63, 3.8) is 0 Å². The topological polar surface area (TPSA) is 35.8 Å². The van der Waals surface area contributed by atoms with Gasteiger partial charge in [-0.1, -0.05) is 42.8 Å². The van der Waals surface area contributed by atoms with Gasteiger partial charge in [0.25, 0.3) is 0 Å². The summed E-state index contributed by atoms with van der Waals surface area (Å²) < 4.78 is 38.1. The van der Waals surface area contributed by atoms with Gasteiger partial charge >= 0.3 is 6.18 Å². The number of benzene rings is 1. The summed E-state index contributed by atoms with van der Waals surface area (Å²) in [5.41, 5.74) is -1.94. The van der Waals surface area contributed by atoms with Gasteiger partial charge in [-0.2, -0.15) is 18.3 Å². The van der Waals surface area contributed by atoms with E-state index in [-0.39, 0.29) is 6.54 Å². The van der Waals surface area contributed by atoms with Gasteiger partial charge in [-0.25, -0.2) is 0 Å². The number of hydrazone groups is 1. The Morgan fingerprint density at radius 3 is 2.48 bits per heavy atom. The first-order valence-electron chi connectivity index (χ1n) is 6.71. The van der Waals surface area contributed by atoms with Crippen LogP contribution in [-0.4, -0.2) is 28.1 Å². The summed E-state index contributed by atoms with van der Waals surface area (Å²) in [6.45, 7) is 6.28. The smallest absolute Gasteiger partial charge is 0.376 e. The predicted octanol–water partition coefficient (Wildman–Crippen LogP) is 5.02. The van der Waals surface area contributed by atoms with E-state index >= 15 is 0 Å². The summed E-state index contributed by atoms with van der Waals surface area (Å²) >= 11 is 11.9. The highest BCUT2D eigenvalue weighted by Gasteiger charge is 2.49. The summed E-state index contributed by atoms with van der Waals surface area (Å²) in [7, 11) is 0. The van der Waals surface area contributed by atoms with Crippen LogP contribution >= 0.6 is 23.2 Å². The summed E-state index contributed by atoms with van der Waals surface area (Å²) in [4.78, 5) is 0. The molecule has 1 aromatic rings. The van der Waals surface area contributed by atoms with Gasteiger partial charge in [0.15, 0.2) is 5.60 Å². The zero-order valence-electron chi connectivity index (χ0n) is 12.7. The monoisotopic (exact) mass is 368 g/mol. The Morgan fingerprint density at radius 2 is 2.00 bits per heavy atom. The van der Waals surface area contributed by atoms with Crippen LogP contribution < -0.4 is 0 Å². The Morgan fingerprint density at radius 1 is 1.39 bits per heavy atom. The molecular formula is C15H17Cl2F3N2O. The SMILES string of the molecule is C=C(CC)N(Cc1ccc(Cl)cc1Cl)/N=C/C(C)(O)C(F)(F)F. The number of alkyl halides is 3. The summed E-state index contributed by atoms with van der Waals surface area (Å²) in [6, 6.07) is 4.80. The maximum Gasteiger partial charge on any atom is 0.422 e. The molecule has 0 fully saturated rings. The Bertz CT molecular complexity index is 601. The molecule has 0 radical (unpaired) electrons. The molecule has 1 atom stereocenters. The number of hydrogen-bond acceptors (Lipinski definition) is 3. The van der Waals surface area contributed by atoms with Crippen molar-refractivity contribution >= 4 is 29.4 Å². The average molecular weight is 369 g/mol. The highest BCUT2D eigenvalue weighted by atomic mass is 35.5. The van der Waals surface area contributed by atoms with Gasteiger partial charge in [0, 0.05) is 15.7 Å². The molecule has 1 N–H and O–H groups in total. The van der Waals surface area contributed by atoms with Crippen LogP contribution in [0.25, 0.3) is 0 Å². The molecule has 3 nitrogen and oxygen atoms in total. The predicted molar refractivity (Wildman–Crippen MR) is 86.6 cm³/mol. The Kier molecular flexibility index (Phi) is 6.50. The maximum atomic E-state index is 12.7. The second-order valence-corrected chi connectivity index (χ2v) is 5.95. The molecule has 23 heavy (non-hydrogen) atoms. The number of rotatable bonds is 6. The molecule has 0 bridgehead atoms. The fourth-order valence-electron chi connectivity index (χ4n) is 1.48. The number of aliphatic hydroxyl groups is 1. The summed E-state index contributed by atoms with van der Waals surface area (Å²) in [6.07, 6.45) is -3.91. The lowest BCUT2D eigenvalue weighted by Crippen LogP contribution is -2.44. The normalized spacial score (nSPS) is 14.8. The van der Waals surface area contributed by atoms with Gasteiger partial charge < -0.3 is 5.11 Å². The van der Waals surface area contributed by atoms with E-state index in [0.717, 1.165) is 0 Å². The molecule has 0 aromatic heterocycles. The molecule has 1 aromatic carbocycles. The molecule has 0 spiro atoms. The van der Waals surface area contributed by atoms with E-state index in [4.69, 9.17) is 23.2 Å². The van der Waals surface area contributed by atoms with Gasteiger partial charge in [-0.05, 0) is 31.0 Å². The van der Waals surface area contributed by atoms with E-state index < -0.39 is 11.8 Å². The molecule has 0 saturated heterocycles. The first-order chi connectivity index (χ1) is 10.5. The van der Waals surface area contributed by atoms with Crippen molar-refractivity contribution in [3.05, 3.63) is 46.1 Å². The van der Waals surface area contributed by atoms with E-state index in [9.17, 15) is 18.3 Å². The van der Waals surface area contributed by atoms with Crippen molar-refractivity contribution < 1.29 is 18.3 Å².